The fourth-order valence-corrected chi connectivity index (χ4v) is 2.52. The predicted octanol–water partition coefficient (Wildman–Crippen LogP) is 2.31. The zero-order valence-electron chi connectivity index (χ0n) is 11.4. The highest BCUT2D eigenvalue weighted by molar-refractivity contribution is 14.1. The molecule has 0 bridgehead atoms. The topological polar surface area (TPSA) is 46.9 Å². The van der Waals surface area contributed by atoms with Gasteiger partial charge in [0.1, 0.15) is 5.82 Å². The third kappa shape index (κ3) is 3.33. The Morgan fingerprint density at radius 3 is 2.84 bits per heavy atom. The smallest absolute Gasteiger partial charge is 0.261 e. The van der Waals surface area contributed by atoms with Crippen LogP contribution in [0.15, 0.2) is 23.0 Å². The molecule has 0 saturated heterocycles. The number of aryl methyl sites for hydroxylation is 1. The molecular weight excluding hydrogens is 353 g/mol. The van der Waals surface area contributed by atoms with Crippen LogP contribution in [0.4, 0.5) is 0 Å². The van der Waals surface area contributed by atoms with Crippen molar-refractivity contribution in [2.24, 2.45) is 0 Å². The molecule has 2 aromatic rings. The van der Waals surface area contributed by atoms with Crippen LogP contribution in [0.2, 0.25) is 0 Å². The van der Waals surface area contributed by atoms with Gasteiger partial charge in [0.25, 0.3) is 5.56 Å². The van der Waals surface area contributed by atoms with E-state index in [0.717, 1.165) is 21.5 Å². The third-order valence-corrected chi connectivity index (χ3v) is 3.67. The lowest BCUT2D eigenvalue weighted by Crippen LogP contribution is -2.32. The second-order valence-corrected chi connectivity index (χ2v) is 6.13. The van der Waals surface area contributed by atoms with Crippen molar-refractivity contribution < 1.29 is 0 Å². The number of rotatable bonds is 4. The molecule has 2 rings (SSSR count). The number of aromatic nitrogens is 2. The second-order valence-electron chi connectivity index (χ2n) is 4.89. The molecule has 0 spiro atoms. The summed E-state index contributed by atoms with van der Waals surface area (Å²) >= 11 is 2.21. The van der Waals surface area contributed by atoms with Crippen molar-refractivity contribution in [1.29, 1.82) is 0 Å². The van der Waals surface area contributed by atoms with E-state index in [9.17, 15) is 4.79 Å². The lowest BCUT2D eigenvalue weighted by Gasteiger charge is -2.13. The van der Waals surface area contributed by atoms with Gasteiger partial charge in [0.2, 0.25) is 0 Å². The molecule has 0 aliphatic rings. The Morgan fingerprint density at radius 1 is 1.42 bits per heavy atom. The average Bonchev–Trinajstić information content (AvgIpc) is 2.34. The highest BCUT2D eigenvalue weighted by Gasteiger charge is 2.08. The van der Waals surface area contributed by atoms with Gasteiger partial charge in [-0.05, 0) is 47.7 Å². The van der Waals surface area contributed by atoms with Crippen molar-refractivity contribution in [3.05, 3.63) is 37.9 Å². The summed E-state index contributed by atoms with van der Waals surface area (Å²) in [6.45, 7) is 7.49. The average molecular weight is 371 g/mol. The van der Waals surface area contributed by atoms with E-state index in [1.807, 2.05) is 25.1 Å². The zero-order valence-corrected chi connectivity index (χ0v) is 13.6. The van der Waals surface area contributed by atoms with E-state index in [2.05, 4.69) is 46.7 Å². The molecule has 1 heterocycles. The number of halogens is 1. The molecule has 0 atom stereocenters. The van der Waals surface area contributed by atoms with E-state index in [1.165, 1.54) is 0 Å². The molecule has 0 amide bonds. The normalized spacial score (nSPS) is 11.4. The molecular formula is C14H18IN3O. The minimum absolute atomic E-state index is 0.0478. The summed E-state index contributed by atoms with van der Waals surface area (Å²) in [5, 5.41) is 4.02. The van der Waals surface area contributed by atoms with Crippen LogP contribution in [-0.4, -0.2) is 22.1 Å². The van der Waals surface area contributed by atoms with Crippen molar-refractivity contribution in [2.45, 2.75) is 33.4 Å². The lowest BCUT2D eigenvalue weighted by molar-refractivity contribution is 0.525. The maximum absolute atomic E-state index is 12.5. The van der Waals surface area contributed by atoms with E-state index in [0.29, 0.717) is 18.0 Å². The lowest BCUT2D eigenvalue weighted by atomic mass is 10.2. The quantitative estimate of drug-likeness (QED) is 0.840. The minimum atomic E-state index is 0.0478. The van der Waals surface area contributed by atoms with Crippen LogP contribution < -0.4 is 10.9 Å². The number of benzene rings is 1. The molecule has 0 fully saturated rings. The molecule has 1 aromatic carbocycles. The number of nitrogens with zero attached hydrogens (tertiary/aromatic N) is 2. The molecule has 1 aromatic heterocycles. The number of fused-ring (bicyclic) bond motifs is 1. The van der Waals surface area contributed by atoms with Crippen molar-refractivity contribution in [1.82, 2.24) is 14.9 Å². The Bertz CT molecular complexity index is 649. The van der Waals surface area contributed by atoms with Crippen molar-refractivity contribution in [3.8, 4) is 0 Å². The van der Waals surface area contributed by atoms with E-state index < -0.39 is 0 Å². The Hall–Kier alpha value is -0.950. The summed E-state index contributed by atoms with van der Waals surface area (Å²) in [6, 6.07) is 6.20. The summed E-state index contributed by atoms with van der Waals surface area (Å²) in [7, 11) is 0. The minimum Gasteiger partial charge on any atom is -0.313 e. The van der Waals surface area contributed by atoms with E-state index in [1.54, 1.807) is 4.57 Å². The Balaban J connectivity index is 2.41. The van der Waals surface area contributed by atoms with Gasteiger partial charge in [0.05, 0.1) is 10.9 Å². The van der Waals surface area contributed by atoms with Crippen LogP contribution in [0.25, 0.3) is 10.9 Å². The monoisotopic (exact) mass is 371 g/mol. The molecule has 1 N–H and O–H groups in total. The highest BCUT2D eigenvalue weighted by Crippen LogP contribution is 2.12. The van der Waals surface area contributed by atoms with Gasteiger partial charge in [0.15, 0.2) is 0 Å². The molecule has 4 nitrogen and oxygen atoms in total. The van der Waals surface area contributed by atoms with Crippen molar-refractivity contribution in [2.75, 3.05) is 6.54 Å². The van der Waals surface area contributed by atoms with Crippen LogP contribution in [0.1, 0.15) is 19.7 Å². The van der Waals surface area contributed by atoms with E-state index >= 15 is 0 Å². The maximum atomic E-state index is 12.5. The molecule has 19 heavy (non-hydrogen) atoms. The maximum Gasteiger partial charge on any atom is 0.261 e. The van der Waals surface area contributed by atoms with Gasteiger partial charge in [0, 0.05) is 22.7 Å². The molecule has 0 radical (unpaired) electrons. The standard InChI is InChI=1S/C14H18IN3O/c1-9(2)16-6-7-18-10(3)17-13-5-4-11(15)8-12(13)14(18)19/h4-5,8-9,16H,6-7H2,1-3H3. The first-order valence-corrected chi connectivity index (χ1v) is 7.47. The molecule has 0 unspecified atom stereocenters. The number of nitrogens with one attached hydrogen (secondary N) is 1. The molecule has 5 heteroatoms. The van der Waals surface area contributed by atoms with Crippen LogP contribution in [0.5, 0.6) is 0 Å². The fraction of sp³-hybridized carbons (Fsp3) is 0.429. The number of hydrogen-bond donors (Lipinski definition) is 1. The SMILES string of the molecule is Cc1nc2ccc(I)cc2c(=O)n1CCNC(C)C. The first-order chi connectivity index (χ1) is 8.99. The van der Waals surface area contributed by atoms with Crippen molar-refractivity contribution in [3.63, 3.8) is 0 Å². The molecule has 0 saturated carbocycles. The van der Waals surface area contributed by atoms with Gasteiger partial charge >= 0.3 is 0 Å². The van der Waals surface area contributed by atoms with E-state index in [-0.39, 0.29) is 5.56 Å². The van der Waals surface area contributed by atoms with Gasteiger partial charge in [-0.2, -0.15) is 0 Å². The molecule has 0 aliphatic heterocycles. The molecule has 0 aliphatic carbocycles. The summed E-state index contributed by atoms with van der Waals surface area (Å²) in [4.78, 5) is 17.0. The van der Waals surface area contributed by atoms with Crippen LogP contribution >= 0.6 is 22.6 Å². The van der Waals surface area contributed by atoms with Gasteiger partial charge in [-0.15, -0.1) is 0 Å². The van der Waals surface area contributed by atoms with Gasteiger partial charge in [-0.1, -0.05) is 13.8 Å². The largest absolute Gasteiger partial charge is 0.313 e. The molecule has 102 valence electrons. The van der Waals surface area contributed by atoms with Crippen LogP contribution in [-0.2, 0) is 6.54 Å². The van der Waals surface area contributed by atoms with Gasteiger partial charge in [-0.25, -0.2) is 4.98 Å². The van der Waals surface area contributed by atoms with Crippen LogP contribution in [0, 0.1) is 10.5 Å². The van der Waals surface area contributed by atoms with Crippen molar-refractivity contribution >= 4 is 33.5 Å². The summed E-state index contributed by atoms with van der Waals surface area (Å²) < 4.78 is 2.80. The third-order valence-electron chi connectivity index (χ3n) is 3.00. The van der Waals surface area contributed by atoms with Gasteiger partial charge < -0.3 is 5.32 Å². The zero-order chi connectivity index (χ0) is 14.0. The predicted molar refractivity (Wildman–Crippen MR) is 86.6 cm³/mol. The fourth-order valence-electron chi connectivity index (χ4n) is 2.03. The Kier molecular flexibility index (Phi) is 4.57. The number of hydrogen-bond acceptors (Lipinski definition) is 3. The summed E-state index contributed by atoms with van der Waals surface area (Å²) in [5.74, 6) is 0.768. The first-order valence-electron chi connectivity index (χ1n) is 6.39. The van der Waals surface area contributed by atoms with E-state index in [4.69, 9.17) is 0 Å². The Labute approximate surface area is 126 Å². The van der Waals surface area contributed by atoms with Crippen LogP contribution in [0.3, 0.4) is 0 Å². The first kappa shape index (κ1) is 14.5. The van der Waals surface area contributed by atoms with Gasteiger partial charge in [-0.3, -0.25) is 9.36 Å². The summed E-state index contributed by atoms with van der Waals surface area (Å²) in [5.41, 5.74) is 0.822. The highest BCUT2D eigenvalue weighted by atomic mass is 127. The summed E-state index contributed by atoms with van der Waals surface area (Å²) in [6.07, 6.45) is 0. The second kappa shape index (κ2) is 6.00. The Morgan fingerprint density at radius 2 is 2.16 bits per heavy atom.